The van der Waals surface area contributed by atoms with E-state index in [-0.39, 0.29) is 24.5 Å². The van der Waals surface area contributed by atoms with Gasteiger partial charge in [-0.3, -0.25) is 9.59 Å². The molecular weight excluding hydrogens is 252 g/mol. The zero-order chi connectivity index (χ0) is 14.4. The summed E-state index contributed by atoms with van der Waals surface area (Å²) < 4.78 is 4.48. The Labute approximate surface area is 111 Å². The van der Waals surface area contributed by atoms with Crippen molar-refractivity contribution < 1.29 is 24.2 Å². The maximum Gasteiger partial charge on any atom is 0.325 e. The van der Waals surface area contributed by atoms with Gasteiger partial charge in [0.1, 0.15) is 6.54 Å². The van der Waals surface area contributed by atoms with E-state index in [1.54, 1.807) is 0 Å². The molecule has 0 heterocycles. The molecule has 0 saturated heterocycles. The standard InChI is InChI=1S/C12H20N2O5/c1-14(7-10(15)19-2)12(18)13-9-5-3-8(4-6-9)11(16)17/h8-9H,3-7H2,1-2H3,(H,13,18)(H,16,17). The van der Waals surface area contributed by atoms with Crippen LogP contribution in [-0.4, -0.2) is 54.7 Å². The largest absolute Gasteiger partial charge is 0.481 e. The van der Waals surface area contributed by atoms with E-state index in [0.717, 1.165) is 0 Å². The van der Waals surface area contributed by atoms with Crippen molar-refractivity contribution in [3.8, 4) is 0 Å². The highest BCUT2D eigenvalue weighted by Gasteiger charge is 2.27. The van der Waals surface area contributed by atoms with Crippen LogP contribution in [0.4, 0.5) is 4.79 Å². The van der Waals surface area contributed by atoms with Crippen LogP contribution in [0.3, 0.4) is 0 Å². The van der Waals surface area contributed by atoms with Gasteiger partial charge in [0.15, 0.2) is 0 Å². The summed E-state index contributed by atoms with van der Waals surface area (Å²) in [6, 6.07) is -0.368. The first-order chi connectivity index (χ1) is 8.93. The number of methoxy groups -OCH3 is 1. The number of aliphatic carboxylic acids is 1. The molecule has 0 aromatic carbocycles. The fraction of sp³-hybridized carbons (Fsp3) is 0.750. The maximum absolute atomic E-state index is 11.8. The average molecular weight is 272 g/mol. The lowest BCUT2D eigenvalue weighted by Crippen LogP contribution is -2.46. The number of carboxylic acid groups (broad SMARTS) is 1. The minimum Gasteiger partial charge on any atom is -0.481 e. The Hall–Kier alpha value is -1.79. The number of amides is 2. The first kappa shape index (κ1) is 15.3. The van der Waals surface area contributed by atoms with Gasteiger partial charge in [-0.1, -0.05) is 0 Å². The molecule has 1 aliphatic rings. The number of likely N-dealkylation sites (N-methyl/N-ethyl adjacent to an activating group) is 1. The van der Waals surface area contributed by atoms with E-state index in [0.29, 0.717) is 25.7 Å². The number of nitrogens with zero attached hydrogens (tertiary/aromatic N) is 1. The molecule has 2 amide bonds. The molecule has 1 aliphatic carbocycles. The van der Waals surface area contributed by atoms with Gasteiger partial charge in [-0.15, -0.1) is 0 Å². The molecule has 108 valence electrons. The molecule has 7 heteroatoms. The van der Waals surface area contributed by atoms with Crippen molar-refractivity contribution >= 4 is 18.0 Å². The van der Waals surface area contributed by atoms with Gasteiger partial charge in [-0.2, -0.15) is 0 Å². The van der Waals surface area contributed by atoms with Crippen molar-refractivity contribution in [1.29, 1.82) is 0 Å². The number of urea groups is 1. The Morgan fingerprint density at radius 2 is 1.84 bits per heavy atom. The molecular formula is C12H20N2O5. The van der Waals surface area contributed by atoms with Gasteiger partial charge in [-0.05, 0) is 25.7 Å². The zero-order valence-corrected chi connectivity index (χ0v) is 11.2. The van der Waals surface area contributed by atoms with Crippen LogP contribution in [0.2, 0.25) is 0 Å². The first-order valence-electron chi connectivity index (χ1n) is 6.25. The molecule has 1 saturated carbocycles. The fourth-order valence-corrected chi connectivity index (χ4v) is 2.10. The van der Waals surface area contributed by atoms with Crippen LogP contribution >= 0.6 is 0 Å². The van der Waals surface area contributed by atoms with Crippen molar-refractivity contribution in [2.75, 3.05) is 20.7 Å². The van der Waals surface area contributed by atoms with Crippen LogP contribution in [0.15, 0.2) is 0 Å². The number of carboxylic acids is 1. The summed E-state index contributed by atoms with van der Waals surface area (Å²) in [5.41, 5.74) is 0. The van der Waals surface area contributed by atoms with Crippen LogP contribution in [0.5, 0.6) is 0 Å². The van der Waals surface area contributed by atoms with E-state index in [1.165, 1.54) is 19.1 Å². The van der Waals surface area contributed by atoms with Crippen LogP contribution < -0.4 is 5.32 Å². The number of hydrogen-bond acceptors (Lipinski definition) is 4. The van der Waals surface area contributed by atoms with Crippen LogP contribution in [0, 0.1) is 5.92 Å². The predicted octanol–water partition coefficient (Wildman–Crippen LogP) is 0.444. The Balaban J connectivity index is 2.34. The highest BCUT2D eigenvalue weighted by atomic mass is 16.5. The molecule has 0 bridgehead atoms. The molecule has 0 unspecified atom stereocenters. The summed E-state index contributed by atoms with van der Waals surface area (Å²) in [4.78, 5) is 34.8. The predicted molar refractivity (Wildman–Crippen MR) is 66.6 cm³/mol. The van der Waals surface area contributed by atoms with Crippen molar-refractivity contribution in [3.05, 3.63) is 0 Å². The third-order valence-corrected chi connectivity index (χ3v) is 3.34. The first-order valence-corrected chi connectivity index (χ1v) is 6.25. The van der Waals surface area contributed by atoms with E-state index in [2.05, 4.69) is 10.1 Å². The Morgan fingerprint density at radius 1 is 1.26 bits per heavy atom. The second-order valence-corrected chi connectivity index (χ2v) is 4.77. The molecule has 0 aromatic rings. The lowest BCUT2D eigenvalue weighted by molar-refractivity contribution is -0.143. The van der Waals surface area contributed by atoms with Gasteiger partial charge in [0.2, 0.25) is 0 Å². The highest BCUT2D eigenvalue weighted by molar-refractivity contribution is 5.80. The molecule has 0 aliphatic heterocycles. The van der Waals surface area contributed by atoms with Crippen LogP contribution in [0.25, 0.3) is 0 Å². The van der Waals surface area contributed by atoms with Crippen LogP contribution in [0.1, 0.15) is 25.7 Å². The summed E-state index contributed by atoms with van der Waals surface area (Å²) >= 11 is 0. The fourth-order valence-electron chi connectivity index (χ4n) is 2.10. The zero-order valence-electron chi connectivity index (χ0n) is 11.2. The van der Waals surface area contributed by atoms with Gasteiger partial charge < -0.3 is 20.1 Å². The molecule has 1 fully saturated rings. The smallest absolute Gasteiger partial charge is 0.325 e. The van der Waals surface area contributed by atoms with Crippen molar-refractivity contribution in [2.24, 2.45) is 5.92 Å². The lowest BCUT2D eigenvalue weighted by Gasteiger charge is -2.28. The van der Waals surface area contributed by atoms with Crippen molar-refractivity contribution in [2.45, 2.75) is 31.7 Å². The topological polar surface area (TPSA) is 95.9 Å². The third kappa shape index (κ3) is 4.76. The molecule has 0 aromatic heterocycles. The Morgan fingerprint density at radius 3 is 2.32 bits per heavy atom. The number of carbonyl (C=O) groups excluding carboxylic acids is 2. The van der Waals surface area contributed by atoms with Gasteiger partial charge in [0.05, 0.1) is 13.0 Å². The monoisotopic (exact) mass is 272 g/mol. The summed E-state index contributed by atoms with van der Waals surface area (Å²) in [6.45, 7) is -0.104. The molecule has 7 nitrogen and oxygen atoms in total. The van der Waals surface area contributed by atoms with Gasteiger partial charge >= 0.3 is 18.0 Å². The van der Waals surface area contributed by atoms with E-state index in [4.69, 9.17) is 5.11 Å². The van der Waals surface area contributed by atoms with Gasteiger partial charge in [0.25, 0.3) is 0 Å². The number of carbonyl (C=O) groups is 3. The molecule has 1 rings (SSSR count). The number of rotatable bonds is 4. The average Bonchev–Trinajstić information content (AvgIpc) is 2.38. The Bertz CT molecular complexity index is 350. The number of ether oxygens (including phenoxy) is 1. The summed E-state index contributed by atoms with van der Waals surface area (Å²) in [7, 11) is 2.77. The summed E-state index contributed by atoms with van der Waals surface area (Å²) in [5, 5.41) is 11.7. The molecule has 0 atom stereocenters. The van der Waals surface area contributed by atoms with Gasteiger partial charge in [0, 0.05) is 13.1 Å². The van der Waals surface area contributed by atoms with Crippen molar-refractivity contribution in [3.63, 3.8) is 0 Å². The number of hydrogen-bond donors (Lipinski definition) is 2. The molecule has 19 heavy (non-hydrogen) atoms. The minimum atomic E-state index is -0.771. The van der Waals surface area contributed by atoms with Crippen LogP contribution in [-0.2, 0) is 14.3 Å². The SMILES string of the molecule is COC(=O)CN(C)C(=O)NC1CCC(C(=O)O)CC1. The quantitative estimate of drug-likeness (QED) is 0.724. The number of esters is 1. The van der Waals surface area contributed by atoms with E-state index in [9.17, 15) is 14.4 Å². The minimum absolute atomic E-state index is 0.0248. The Kier molecular flexibility index (Phi) is 5.59. The third-order valence-electron chi connectivity index (χ3n) is 3.34. The summed E-state index contributed by atoms with van der Waals surface area (Å²) in [5.74, 6) is -1.55. The highest BCUT2D eigenvalue weighted by Crippen LogP contribution is 2.24. The summed E-state index contributed by atoms with van der Waals surface area (Å²) in [6.07, 6.45) is 2.44. The second-order valence-electron chi connectivity index (χ2n) is 4.77. The van der Waals surface area contributed by atoms with E-state index < -0.39 is 11.9 Å². The van der Waals surface area contributed by atoms with Gasteiger partial charge in [-0.25, -0.2) is 4.79 Å². The normalized spacial score (nSPS) is 22.4. The maximum atomic E-state index is 11.8. The lowest BCUT2D eigenvalue weighted by atomic mass is 9.86. The number of nitrogens with one attached hydrogen (secondary N) is 1. The molecule has 2 N–H and O–H groups in total. The molecule has 0 spiro atoms. The molecule has 0 radical (unpaired) electrons. The second kappa shape index (κ2) is 6.96. The van der Waals surface area contributed by atoms with Crippen molar-refractivity contribution in [1.82, 2.24) is 10.2 Å². The van der Waals surface area contributed by atoms with E-state index >= 15 is 0 Å². The van der Waals surface area contributed by atoms with E-state index in [1.807, 2.05) is 0 Å².